The van der Waals surface area contributed by atoms with Crippen LogP contribution in [0.4, 0.5) is 0 Å². The van der Waals surface area contributed by atoms with Crippen LogP contribution in [0.5, 0.6) is 0 Å². The Labute approximate surface area is 92.0 Å². The summed E-state index contributed by atoms with van der Waals surface area (Å²) in [5, 5.41) is 0. The SMILES string of the molecule is Cc1oc(Cn2ccnc2)cc1C(=O)NN. The number of hydrazine groups is 1. The molecule has 2 rings (SSSR count). The van der Waals surface area contributed by atoms with Crippen molar-refractivity contribution in [3.05, 3.63) is 41.9 Å². The second-order valence-electron chi connectivity index (χ2n) is 3.39. The molecule has 0 atom stereocenters. The summed E-state index contributed by atoms with van der Waals surface area (Å²) < 4.78 is 7.30. The van der Waals surface area contributed by atoms with Crippen LogP contribution in [-0.2, 0) is 6.54 Å². The molecule has 0 spiro atoms. The number of nitrogens with zero attached hydrogens (tertiary/aromatic N) is 2. The molecule has 0 aliphatic heterocycles. The lowest BCUT2D eigenvalue weighted by molar-refractivity contribution is 0.0952. The topological polar surface area (TPSA) is 86.1 Å². The summed E-state index contributed by atoms with van der Waals surface area (Å²) >= 11 is 0. The highest BCUT2D eigenvalue weighted by Crippen LogP contribution is 2.15. The lowest BCUT2D eigenvalue weighted by Crippen LogP contribution is -2.30. The van der Waals surface area contributed by atoms with Gasteiger partial charge in [-0.3, -0.25) is 10.2 Å². The predicted octanol–water partition coefficient (Wildman–Crippen LogP) is 0.436. The van der Waals surface area contributed by atoms with Gasteiger partial charge in [-0.1, -0.05) is 0 Å². The van der Waals surface area contributed by atoms with Gasteiger partial charge in [0.1, 0.15) is 11.5 Å². The van der Waals surface area contributed by atoms with Crippen LogP contribution in [0.25, 0.3) is 0 Å². The van der Waals surface area contributed by atoms with Crippen molar-refractivity contribution in [2.75, 3.05) is 0 Å². The first-order valence-corrected chi connectivity index (χ1v) is 4.76. The van der Waals surface area contributed by atoms with E-state index >= 15 is 0 Å². The Bertz CT molecular complexity index is 487. The van der Waals surface area contributed by atoms with Gasteiger partial charge in [-0.05, 0) is 13.0 Å². The number of carbonyl (C=O) groups excluding carboxylic acids is 1. The summed E-state index contributed by atoms with van der Waals surface area (Å²) in [6, 6.07) is 1.68. The number of hydrogen-bond acceptors (Lipinski definition) is 4. The molecule has 0 bridgehead atoms. The maximum atomic E-state index is 11.3. The van der Waals surface area contributed by atoms with E-state index in [-0.39, 0.29) is 5.91 Å². The van der Waals surface area contributed by atoms with Crippen LogP contribution >= 0.6 is 0 Å². The Hall–Kier alpha value is -2.08. The van der Waals surface area contributed by atoms with E-state index in [1.807, 2.05) is 10.8 Å². The van der Waals surface area contributed by atoms with Gasteiger partial charge >= 0.3 is 0 Å². The average Bonchev–Trinajstić information content (AvgIpc) is 2.88. The third kappa shape index (κ3) is 1.96. The van der Waals surface area contributed by atoms with Gasteiger partial charge in [0.05, 0.1) is 18.4 Å². The van der Waals surface area contributed by atoms with Gasteiger partial charge in [0.2, 0.25) is 0 Å². The summed E-state index contributed by atoms with van der Waals surface area (Å²) in [5.41, 5.74) is 2.53. The fourth-order valence-electron chi connectivity index (χ4n) is 1.49. The number of hydrogen-bond donors (Lipinski definition) is 2. The quantitative estimate of drug-likeness (QED) is 0.446. The van der Waals surface area contributed by atoms with Crippen molar-refractivity contribution in [1.82, 2.24) is 15.0 Å². The number of rotatable bonds is 3. The van der Waals surface area contributed by atoms with Crippen LogP contribution in [0.1, 0.15) is 21.9 Å². The van der Waals surface area contributed by atoms with E-state index in [0.29, 0.717) is 23.6 Å². The monoisotopic (exact) mass is 220 g/mol. The summed E-state index contributed by atoms with van der Waals surface area (Å²) in [5.74, 6) is 5.96. The second-order valence-corrected chi connectivity index (χ2v) is 3.39. The number of aromatic nitrogens is 2. The molecule has 84 valence electrons. The number of carbonyl (C=O) groups is 1. The van der Waals surface area contributed by atoms with Gasteiger partial charge in [0.15, 0.2) is 0 Å². The minimum Gasteiger partial charge on any atom is -0.464 e. The second kappa shape index (κ2) is 4.19. The van der Waals surface area contributed by atoms with E-state index in [4.69, 9.17) is 10.3 Å². The zero-order chi connectivity index (χ0) is 11.5. The molecule has 0 radical (unpaired) electrons. The van der Waals surface area contributed by atoms with Gasteiger partial charge < -0.3 is 8.98 Å². The van der Waals surface area contributed by atoms with Crippen LogP contribution in [0.15, 0.2) is 29.2 Å². The van der Waals surface area contributed by atoms with Crippen LogP contribution in [0.3, 0.4) is 0 Å². The Balaban J connectivity index is 2.21. The van der Waals surface area contributed by atoms with Crippen molar-refractivity contribution in [3.8, 4) is 0 Å². The number of nitrogen functional groups attached to an aromatic ring is 1. The number of nitrogens with two attached hydrogens (primary N) is 1. The van der Waals surface area contributed by atoms with Gasteiger partial charge in [-0.2, -0.15) is 0 Å². The molecular formula is C10H12N4O2. The summed E-state index contributed by atoms with van der Waals surface area (Å²) in [6.45, 7) is 2.26. The Morgan fingerprint density at radius 2 is 2.50 bits per heavy atom. The van der Waals surface area contributed by atoms with Crippen molar-refractivity contribution in [2.24, 2.45) is 5.84 Å². The van der Waals surface area contributed by atoms with Gasteiger partial charge in [0.25, 0.3) is 5.91 Å². The standard InChI is InChI=1S/C10H12N4O2/c1-7-9(10(15)13-11)4-8(16-7)5-14-3-2-12-6-14/h2-4,6H,5,11H2,1H3,(H,13,15). The molecule has 2 aromatic heterocycles. The molecule has 0 fully saturated rings. The fourth-order valence-corrected chi connectivity index (χ4v) is 1.49. The summed E-state index contributed by atoms with van der Waals surface area (Å²) in [6.07, 6.45) is 5.18. The van der Waals surface area contributed by atoms with Crippen LogP contribution in [-0.4, -0.2) is 15.5 Å². The molecule has 6 heteroatoms. The molecule has 0 unspecified atom stereocenters. The molecule has 6 nitrogen and oxygen atoms in total. The fraction of sp³-hybridized carbons (Fsp3) is 0.200. The molecule has 0 aliphatic rings. The first kappa shape index (κ1) is 10.4. The summed E-state index contributed by atoms with van der Waals surface area (Å²) in [7, 11) is 0. The highest BCUT2D eigenvalue weighted by molar-refractivity contribution is 5.94. The zero-order valence-electron chi connectivity index (χ0n) is 8.80. The molecular weight excluding hydrogens is 208 g/mol. The highest BCUT2D eigenvalue weighted by atomic mass is 16.3. The van der Waals surface area contributed by atoms with Crippen LogP contribution in [0, 0.1) is 6.92 Å². The first-order chi connectivity index (χ1) is 7.70. The first-order valence-electron chi connectivity index (χ1n) is 4.76. The van der Waals surface area contributed by atoms with E-state index in [2.05, 4.69) is 10.4 Å². The summed E-state index contributed by atoms with van der Waals surface area (Å²) in [4.78, 5) is 15.3. The molecule has 0 aromatic carbocycles. The maximum Gasteiger partial charge on any atom is 0.268 e. The lowest BCUT2D eigenvalue weighted by atomic mass is 10.2. The number of amides is 1. The Morgan fingerprint density at radius 3 is 3.12 bits per heavy atom. The Kier molecular flexibility index (Phi) is 2.74. The molecule has 1 amide bonds. The predicted molar refractivity (Wildman–Crippen MR) is 56.4 cm³/mol. The van der Waals surface area contributed by atoms with Crippen LogP contribution < -0.4 is 11.3 Å². The number of nitrogens with one attached hydrogen (secondary N) is 1. The smallest absolute Gasteiger partial charge is 0.268 e. The minimum absolute atomic E-state index is 0.349. The third-order valence-corrected chi connectivity index (χ3v) is 2.24. The van der Waals surface area contributed by atoms with E-state index in [9.17, 15) is 4.79 Å². The zero-order valence-corrected chi connectivity index (χ0v) is 8.80. The number of imidazole rings is 1. The molecule has 0 saturated carbocycles. The van der Waals surface area contributed by atoms with Crippen molar-refractivity contribution in [2.45, 2.75) is 13.5 Å². The lowest BCUT2D eigenvalue weighted by Gasteiger charge is -1.96. The molecule has 3 N–H and O–H groups in total. The maximum absolute atomic E-state index is 11.3. The van der Waals surface area contributed by atoms with Gasteiger partial charge in [-0.15, -0.1) is 0 Å². The van der Waals surface area contributed by atoms with Gasteiger partial charge in [-0.25, -0.2) is 10.8 Å². The Morgan fingerprint density at radius 1 is 1.69 bits per heavy atom. The van der Waals surface area contributed by atoms with E-state index in [1.165, 1.54) is 0 Å². The third-order valence-electron chi connectivity index (χ3n) is 2.24. The normalized spacial score (nSPS) is 10.4. The number of aryl methyl sites for hydroxylation is 1. The van der Waals surface area contributed by atoms with Crippen molar-refractivity contribution >= 4 is 5.91 Å². The van der Waals surface area contributed by atoms with Crippen molar-refractivity contribution < 1.29 is 9.21 Å². The molecule has 0 saturated heterocycles. The van der Waals surface area contributed by atoms with E-state index in [1.54, 1.807) is 25.5 Å². The van der Waals surface area contributed by atoms with Gasteiger partial charge in [0, 0.05) is 12.4 Å². The molecule has 2 aromatic rings. The highest BCUT2D eigenvalue weighted by Gasteiger charge is 2.13. The van der Waals surface area contributed by atoms with Crippen molar-refractivity contribution in [1.29, 1.82) is 0 Å². The average molecular weight is 220 g/mol. The molecule has 16 heavy (non-hydrogen) atoms. The molecule has 2 heterocycles. The molecule has 0 aliphatic carbocycles. The van der Waals surface area contributed by atoms with E-state index < -0.39 is 0 Å². The van der Waals surface area contributed by atoms with E-state index in [0.717, 1.165) is 0 Å². The van der Waals surface area contributed by atoms with Crippen molar-refractivity contribution in [3.63, 3.8) is 0 Å². The minimum atomic E-state index is -0.349. The largest absolute Gasteiger partial charge is 0.464 e. The van der Waals surface area contributed by atoms with Crippen LogP contribution in [0.2, 0.25) is 0 Å². The number of furan rings is 1.